The molecule has 0 heterocycles. The van der Waals surface area contributed by atoms with Gasteiger partial charge in [0.1, 0.15) is 5.84 Å². The maximum absolute atomic E-state index is 5.99. The number of rotatable bonds is 3. The van der Waals surface area contributed by atoms with Gasteiger partial charge in [-0.05, 0) is 24.6 Å². The topological polar surface area (TPSA) is 38.4 Å². The minimum Gasteiger partial charge on any atom is -0.383 e. The fourth-order valence-electron chi connectivity index (χ4n) is 1.73. The lowest BCUT2D eigenvalue weighted by atomic mass is 10.1. The zero-order valence-electron chi connectivity index (χ0n) is 10.2. The average molecular weight is 259 g/mol. The van der Waals surface area contributed by atoms with Crippen molar-refractivity contribution in [1.82, 2.24) is 0 Å². The summed E-state index contributed by atoms with van der Waals surface area (Å²) in [5, 5.41) is 0.716. The van der Waals surface area contributed by atoms with Gasteiger partial charge in [0.2, 0.25) is 0 Å². The molecule has 2 aromatic rings. The third-order valence-corrected chi connectivity index (χ3v) is 2.97. The van der Waals surface area contributed by atoms with Gasteiger partial charge >= 0.3 is 0 Å². The first-order chi connectivity index (χ1) is 8.66. The van der Waals surface area contributed by atoms with E-state index < -0.39 is 0 Å². The van der Waals surface area contributed by atoms with Crippen LogP contribution in [0, 0.1) is 0 Å². The molecule has 0 saturated carbocycles. The van der Waals surface area contributed by atoms with Crippen LogP contribution in [0.4, 0.5) is 0 Å². The lowest BCUT2D eigenvalue weighted by Crippen LogP contribution is -2.14. The third-order valence-electron chi connectivity index (χ3n) is 2.73. The minimum atomic E-state index is -0.0103. The predicted molar refractivity (Wildman–Crippen MR) is 77.0 cm³/mol. The van der Waals surface area contributed by atoms with E-state index in [0.29, 0.717) is 10.9 Å². The molecule has 1 unspecified atom stereocenters. The van der Waals surface area contributed by atoms with Crippen LogP contribution in [-0.2, 0) is 0 Å². The molecule has 0 aliphatic carbocycles. The van der Waals surface area contributed by atoms with Crippen molar-refractivity contribution in [1.29, 1.82) is 0 Å². The van der Waals surface area contributed by atoms with Crippen molar-refractivity contribution in [2.75, 3.05) is 0 Å². The van der Waals surface area contributed by atoms with Gasteiger partial charge in [-0.3, -0.25) is 4.99 Å². The van der Waals surface area contributed by atoms with E-state index in [2.05, 4.69) is 4.99 Å². The molecular formula is C15H15ClN2. The number of halogens is 1. The van der Waals surface area contributed by atoms with Gasteiger partial charge in [0.15, 0.2) is 0 Å². The highest BCUT2D eigenvalue weighted by Gasteiger charge is 2.05. The summed E-state index contributed by atoms with van der Waals surface area (Å²) in [6, 6.07) is 17.4. The molecule has 1 atom stereocenters. The summed E-state index contributed by atoms with van der Waals surface area (Å²) in [4.78, 5) is 4.49. The molecule has 0 saturated heterocycles. The molecule has 2 N–H and O–H groups in total. The first kappa shape index (κ1) is 12.7. The summed E-state index contributed by atoms with van der Waals surface area (Å²) >= 11 is 5.96. The van der Waals surface area contributed by atoms with E-state index in [1.807, 2.05) is 61.5 Å². The van der Waals surface area contributed by atoms with Crippen molar-refractivity contribution in [2.24, 2.45) is 10.7 Å². The number of hydrogen-bond acceptors (Lipinski definition) is 1. The highest BCUT2D eigenvalue weighted by Crippen LogP contribution is 2.20. The van der Waals surface area contributed by atoms with E-state index in [1.165, 1.54) is 0 Å². The van der Waals surface area contributed by atoms with Crippen LogP contribution >= 0.6 is 11.6 Å². The minimum absolute atomic E-state index is 0.0103. The second-order valence-electron chi connectivity index (χ2n) is 4.11. The SMILES string of the molecule is CC(N=C(N)c1ccccc1)c1cccc(Cl)c1. The van der Waals surface area contributed by atoms with Crippen LogP contribution in [-0.4, -0.2) is 5.84 Å². The van der Waals surface area contributed by atoms with Crippen LogP contribution in [0.25, 0.3) is 0 Å². The molecular weight excluding hydrogens is 244 g/mol. The zero-order chi connectivity index (χ0) is 13.0. The number of benzene rings is 2. The van der Waals surface area contributed by atoms with E-state index in [1.54, 1.807) is 0 Å². The molecule has 0 aliphatic rings. The van der Waals surface area contributed by atoms with Crippen molar-refractivity contribution in [3.05, 3.63) is 70.7 Å². The van der Waals surface area contributed by atoms with Gasteiger partial charge < -0.3 is 5.73 Å². The van der Waals surface area contributed by atoms with Gasteiger partial charge in [-0.25, -0.2) is 0 Å². The number of amidine groups is 1. The van der Waals surface area contributed by atoms with Crippen LogP contribution in [0.2, 0.25) is 5.02 Å². The van der Waals surface area contributed by atoms with Gasteiger partial charge in [-0.15, -0.1) is 0 Å². The average Bonchev–Trinajstić information content (AvgIpc) is 2.39. The Morgan fingerprint density at radius 2 is 1.83 bits per heavy atom. The molecule has 0 spiro atoms. The maximum Gasteiger partial charge on any atom is 0.126 e. The largest absolute Gasteiger partial charge is 0.383 e. The van der Waals surface area contributed by atoms with Crippen molar-refractivity contribution >= 4 is 17.4 Å². The number of nitrogens with two attached hydrogens (primary N) is 1. The number of aliphatic imine (C=N–C) groups is 1. The van der Waals surface area contributed by atoms with Crippen LogP contribution in [0.15, 0.2) is 59.6 Å². The van der Waals surface area contributed by atoms with Crippen molar-refractivity contribution in [3.63, 3.8) is 0 Å². The van der Waals surface area contributed by atoms with Gasteiger partial charge in [0, 0.05) is 10.6 Å². The van der Waals surface area contributed by atoms with E-state index in [9.17, 15) is 0 Å². The smallest absolute Gasteiger partial charge is 0.126 e. The summed E-state index contributed by atoms with van der Waals surface area (Å²) in [6.45, 7) is 2.00. The Bertz CT molecular complexity index is 549. The highest BCUT2D eigenvalue weighted by molar-refractivity contribution is 6.30. The Morgan fingerprint density at radius 3 is 2.50 bits per heavy atom. The Hall–Kier alpha value is -1.80. The summed E-state index contributed by atoms with van der Waals surface area (Å²) in [7, 11) is 0. The fourth-order valence-corrected chi connectivity index (χ4v) is 1.93. The fraction of sp³-hybridized carbons (Fsp3) is 0.133. The lowest BCUT2D eigenvalue weighted by Gasteiger charge is -2.09. The molecule has 0 aliphatic heterocycles. The number of nitrogens with zero attached hydrogens (tertiary/aromatic N) is 1. The van der Waals surface area contributed by atoms with Crippen molar-refractivity contribution < 1.29 is 0 Å². The summed E-state index contributed by atoms with van der Waals surface area (Å²) in [5.41, 5.74) is 7.98. The van der Waals surface area contributed by atoms with Gasteiger partial charge in [0.25, 0.3) is 0 Å². The molecule has 2 nitrogen and oxygen atoms in total. The van der Waals surface area contributed by atoms with Crippen LogP contribution in [0.1, 0.15) is 24.1 Å². The highest BCUT2D eigenvalue weighted by atomic mass is 35.5. The van der Waals surface area contributed by atoms with Crippen LogP contribution in [0.3, 0.4) is 0 Å². The Balaban J connectivity index is 2.23. The molecule has 3 heteroatoms. The first-order valence-electron chi connectivity index (χ1n) is 5.81. The summed E-state index contributed by atoms with van der Waals surface area (Å²) in [5.74, 6) is 0.545. The molecule has 0 radical (unpaired) electrons. The number of hydrogen-bond donors (Lipinski definition) is 1. The van der Waals surface area contributed by atoms with Gasteiger partial charge in [-0.1, -0.05) is 54.1 Å². The molecule has 2 aromatic carbocycles. The molecule has 0 amide bonds. The Morgan fingerprint density at radius 1 is 1.11 bits per heavy atom. The maximum atomic E-state index is 5.99. The van der Waals surface area contributed by atoms with Crippen molar-refractivity contribution in [2.45, 2.75) is 13.0 Å². The van der Waals surface area contributed by atoms with E-state index in [4.69, 9.17) is 17.3 Å². The second-order valence-corrected chi connectivity index (χ2v) is 4.55. The Kier molecular flexibility index (Phi) is 4.00. The zero-order valence-corrected chi connectivity index (χ0v) is 10.9. The quantitative estimate of drug-likeness (QED) is 0.660. The summed E-state index contributed by atoms with van der Waals surface area (Å²) in [6.07, 6.45) is 0. The van der Waals surface area contributed by atoms with Gasteiger partial charge in [0.05, 0.1) is 6.04 Å². The van der Waals surface area contributed by atoms with Gasteiger partial charge in [-0.2, -0.15) is 0 Å². The monoisotopic (exact) mass is 258 g/mol. The molecule has 0 fully saturated rings. The predicted octanol–water partition coefficient (Wildman–Crippen LogP) is 3.81. The molecule has 0 aromatic heterocycles. The third kappa shape index (κ3) is 3.11. The van der Waals surface area contributed by atoms with Crippen LogP contribution < -0.4 is 5.73 Å². The Labute approximate surface area is 112 Å². The molecule has 2 rings (SSSR count). The molecule has 0 bridgehead atoms. The van der Waals surface area contributed by atoms with E-state index in [0.717, 1.165) is 11.1 Å². The molecule has 92 valence electrons. The van der Waals surface area contributed by atoms with Crippen LogP contribution in [0.5, 0.6) is 0 Å². The second kappa shape index (κ2) is 5.69. The van der Waals surface area contributed by atoms with E-state index >= 15 is 0 Å². The van der Waals surface area contributed by atoms with E-state index in [-0.39, 0.29) is 6.04 Å². The first-order valence-corrected chi connectivity index (χ1v) is 6.19. The standard InChI is InChI=1S/C15H15ClN2/c1-11(13-8-5-9-14(16)10-13)18-15(17)12-6-3-2-4-7-12/h2-11H,1H3,(H2,17,18). The molecule has 18 heavy (non-hydrogen) atoms. The van der Waals surface area contributed by atoms with Crippen molar-refractivity contribution in [3.8, 4) is 0 Å². The summed E-state index contributed by atoms with van der Waals surface area (Å²) < 4.78 is 0. The lowest BCUT2D eigenvalue weighted by molar-refractivity contribution is 0.818. The normalized spacial score (nSPS) is 13.3.